The highest BCUT2D eigenvalue weighted by molar-refractivity contribution is 7.92. The van der Waals surface area contributed by atoms with E-state index in [1.165, 1.54) is 13.8 Å². The number of likely N-dealkylation sites (tertiary alicyclic amines) is 1. The Labute approximate surface area is 120 Å². The van der Waals surface area contributed by atoms with E-state index in [-0.39, 0.29) is 12.5 Å². The first-order valence-electron chi connectivity index (χ1n) is 6.80. The van der Waals surface area contributed by atoms with Crippen LogP contribution < -0.4 is 0 Å². The molecule has 1 saturated heterocycles. The SMILES string of the molecule is CC(C)(C(=O)N1CCCCC1CCC(=O)O)S(C)(=O)=O. The summed E-state index contributed by atoms with van der Waals surface area (Å²) in [7, 11) is -3.51. The maximum Gasteiger partial charge on any atom is 0.303 e. The molecule has 1 heterocycles. The van der Waals surface area contributed by atoms with Crippen LogP contribution in [0.2, 0.25) is 0 Å². The molecule has 0 aromatic carbocycles. The zero-order valence-corrected chi connectivity index (χ0v) is 13.1. The first kappa shape index (κ1) is 16.9. The number of sulfone groups is 1. The summed E-state index contributed by atoms with van der Waals surface area (Å²) in [5, 5.41) is 8.76. The van der Waals surface area contributed by atoms with E-state index < -0.39 is 26.5 Å². The lowest BCUT2D eigenvalue weighted by molar-refractivity contribution is -0.141. The molecular formula is C13H23NO5S. The van der Waals surface area contributed by atoms with E-state index in [0.29, 0.717) is 13.0 Å². The fraction of sp³-hybridized carbons (Fsp3) is 0.846. The van der Waals surface area contributed by atoms with Gasteiger partial charge in [-0.1, -0.05) is 0 Å². The molecule has 0 saturated carbocycles. The van der Waals surface area contributed by atoms with Crippen molar-refractivity contribution in [3.63, 3.8) is 0 Å². The van der Waals surface area contributed by atoms with Crippen molar-refractivity contribution < 1.29 is 23.1 Å². The second-order valence-electron chi connectivity index (χ2n) is 5.86. The standard InChI is InChI=1S/C13H23NO5S/c1-13(2,20(3,18)19)12(17)14-9-5-4-6-10(14)7-8-11(15)16/h10H,4-9H2,1-3H3,(H,15,16). The van der Waals surface area contributed by atoms with Gasteiger partial charge in [0.05, 0.1) is 0 Å². The number of carboxylic acid groups (broad SMARTS) is 1. The van der Waals surface area contributed by atoms with Crippen LogP contribution >= 0.6 is 0 Å². The molecule has 7 heteroatoms. The molecule has 1 aliphatic rings. The Morgan fingerprint density at radius 1 is 1.30 bits per heavy atom. The van der Waals surface area contributed by atoms with E-state index in [1.807, 2.05) is 0 Å². The van der Waals surface area contributed by atoms with Crippen LogP contribution in [-0.2, 0) is 19.4 Å². The number of aliphatic carboxylic acids is 1. The van der Waals surface area contributed by atoms with E-state index in [4.69, 9.17) is 5.11 Å². The molecule has 1 N–H and O–H groups in total. The summed E-state index contributed by atoms with van der Waals surface area (Å²) in [6.07, 6.45) is 3.93. The summed E-state index contributed by atoms with van der Waals surface area (Å²) >= 11 is 0. The van der Waals surface area contributed by atoms with E-state index in [1.54, 1.807) is 4.90 Å². The molecule has 1 rings (SSSR count). The average Bonchev–Trinajstić information content (AvgIpc) is 2.34. The molecule has 116 valence electrons. The topological polar surface area (TPSA) is 91.8 Å². The van der Waals surface area contributed by atoms with E-state index in [9.17, 15) is 18.0 Å². The normalized spacial score (nSPS) is 20.8. The summed E-state index contributed by atoms with van der Waals surface area (Å²) in [4.78, 5) is 24.8. The van der Waals surface area contributed by atoms with Gasteiger partial charge in [-0.25, -0.2) is 8.42 Å². The van der Waals surface area contributed by atoms with Crippen molar-refractivity contribution in [3.05, 3.63) is 0 Å². The highest BCUT2D eigenvalue weighted by Gasteiger charge is 2.43. The fourth-order valence-corrected chi connectivity index (χ4v) is 2.80. The Kier molecular flexibility index (Phi) is 5.18. The van der Waals surface area contributed by atoms with Gasteiger partial charge in [0.2, 0.25) is 5.91 Å². The Morgan fingerprint density at radius 2 is 1.90 bits per heavy atom. The van der Waals surface area contributed by atoms with Crippen LogP contribution in [0.25, 0.3) is 0 Å². The monoisotopic (exact) mass is 305 g/mol. The lowest BCUT2D eigenvalue weighted by atomic mass is 9.96. The molecule has 1 fully saturated rings. The van der Waals surface area contributed by atoms with Gasteiger partial charge in [-0.15, -0.1) is 0 Å². The highest BCUT2D eigenvalue weighted by Crippen LogP contribution is 2.27. The second-order valence-corrected chi connectivity index (χ2v) is 8.43. The molecule has 20 heavy (non-hydrogen) atoms. The molecule has 0 aromatic rings. The third kappa shape index (κ3) is 3.71. The largest absolute Gasteiger partial charge is 0.481 e. The number of nitrogens with zero attached hydrogens (tertiary/aromatic N) is 1. The smallest absolute Gasteiger partial charge is 0.303 e. The first-order chi connectivity index (χ1) is 9.07. The molecule has 1 aliphatic heterocycles. The summed E-state index contributed by atoms with van der Waals surface area (Å²) in [5.41, 5.74) is 0. The number of piperidine rings is 1. The van der Waals surface area contributed by atoms with Crippen LogP contribution in [-0.4, -0.2) is 53.9 Å². The van der Waals surface area contributed by atoms with Crippen LogP contribution in [0.4, 0.5) is 0 Å². The summed E-state index contributed by atoms with van der Waals surface area (Å²) in [5.74, 6) is -1.32. The number of hydrogen-bond donors (Lipinski definition) is 1. The lowest BCUT2D eigenvalue weighted by Crippen LogP contribution is -2.54. The van der Waals surface area contributed by atoms with Crippen molar-refractivity contribution in [2.45, 2.75) is 56.7 Å². The van der Waals surface area contributed by atoms with E-state index in [2.05, 4.69) is 0 Å². The highest BCUT2D eigenvalue weighted by atomic mass is 32.2. The molecule has 0 aromatic heterocycles. The molecule has 6 nitrogen and oxygen atoms in total. The van der Waals surface area contributed by atoms with Crippen LogP contribution in [0.3, 0.4) is 0 Å². The van der Waals surface area contributed by atoms with Gasteiger partial charge in [-0.2, -0.15) is 0 Å². The van der Waals surface area contributed by atoms with Crippen molar-refractivity contribution in [1.29, 1.82) is 0 Å². The molecule has 0 radical (unpaired) electrons. The van der Waals surface area contributed by atoms with Crippen LogP contribution in [0, 0.1) is 0 Å². The average molecular weight is 305 g/mol. The van der Waals surface area contributed by atoms with Crippen LogP contribution in [0.1, 0.15) is 46.0 Å². The minimum atomic E-state index is -3.51. The number of amides is 1. The molecule has 1 unspecified atom stereocenters. The van der Waals surface area contributed by atoms with Crippen molar-refractivity contribution in [3.8, 4) is 0 Å². The van der Waals surface area contributed by atoms with Gasteiger partial charge in [0.1, 0.15) is 4.75 Å². The van der Waals surface area contributed by atoms with Crippen molar-refractivity contribution >= 4 is 21.7 Å². The van der Waals surface area contributed by atoms with Gasteiger partial charge in [0, 0.05) is 25.3 Å². The lowest BCUT2D eigenvalue weighted by Gasteiger charge is -2.39. The minimum Gasteiger partial charge on any atom is -0.481 e. The fourth-order valence-electron chi connectivity index (χ4n) is 2.36. The van der Waals surface area contributed by atoms with Crippen LogP contribution in [0.5, 0.6) is 0 Å². The third-order valence-electron chi connectivity index (χ3n) is 4.02. The number of carboxylic acids is 1. The third-order valence-corrected chi connectivity index (χ3v) is 6.05. The van der Waals surface area contributed by atoms with Gasteiger partial charge in [0.25, 0.3) is 0 Å². The maximum atomic E-state index is 12.5. The second kappa shape index (κ2) is 6.11. The number of rotatable bonds is 5. The van der Waals surface area contributed by atoms with Gasteiger partial charge in [-0.05, 0) is 39.5 Å². The van der Waals surface area contributed by atoms with Gasteiger partial charge in [-0.3, -0.25) is 9.59 Å². The molecule has 1 atom stereocenters. The number of carbonyl (C=O) groups is 2. The molecule has 1 amide bonds. The Morgan fingerprint density at radius 3 is 2.40 bits per heavy atom. The van der Waals surface area contributed by atoms with Crippen molar-refractivity contribution in [1.82, 2.24) is 4.90 Å². The van der Waals surface area contributed by atoms with E-state index in [0.717, 1.165) is 25.5 Å². The van der Waals surface area contributed by atoms with Gasteiger partial charge in [0.15, 0.2) is 9.84 Å². The zero-order chi connectivity index (χ0) is 15.6. The Balaban J connectivity index is 2.90. The predicted molar refractivity (Wildman–Crippen MR) is 75.1 cm³/mol. The minimum absolute atomic E-state index is 0.00620. The molecule has 0 bridgehead atoms. The summed E-state index contributed by atoms with van der Waals surface area (Å²) in [6.45, 7) is 3.32. The van der Waals surface area contributed by atoms with E-state index >= 15 is 0 Å². The van der Waals surface area contributed by atoms with Crippen molar-refractivity contribution in [2.75, 3.05) is 12.8 Å². The number of carbonyl (C=O) groups excluding carboxylic acids is 1. The quantitative estimate of drug-likeness (QED) is 0.820. The number of hydrogen-bond acceptors (Lipinski definition) is 4. The van der Waals surface area contributed by atoms with Crippen molar-refractivity contribution in [2.24, 2.45) is 0 Å². The Bertz CT molecular complexity index is 483. The summed E-state index contributed by atoms with van der Waals surface area (Å²) < 4.78 is 22.1. The maximum absolute atomic E-state index is 12.5. The van der Waals surface area contributed by atoms with Gasteiger partial charge >= 0.3 is 5.97 Å². The van der Waals surface area contributed by atoms with Gasteiger partial charge < -0.3 is 10.0 Å². The molecule has 0 spiro atoms. The first-order valence-corrected chi connectivity index (χ1v) is 8.69. The zero-order valence-electron chi connectivity index (χ0n) is 12.3. The van der Waals surface area contributed by atoms with Crippen LogP contribution in [0.15, 0.2) is 0 Å². The molecule has 0 aliphatic carbocycles. The molecular weight excluding hydrogens is 282 g/mol. The summed E-state index contributed by atoms with van der Waals surface area (Å²) in [6, 6.07) is -0.173. The predicted octanol–water partition coefficient (Wildman–Crippen LogP) is 1.06. The Hall–Kier alpha value is -1.11.